The third kappa shape index (κ3) is 24.2. The van der Waals surface area contributed by atoms with Crippen LogP contribution in [0.4, 0.5) is 0 Å². The number of rotatable bonds is 25. The van der Waals surface area contributed by atoms with Gasteiger partial charge in [0.2, 0.25) is 0 Å². The summed E-state index contributed by atoms with van der Waals surface area (Å²) in [6.07, 6.45) is 20.6. The van der Waals surface area contributed by atoms with Crippen LogP contribution in [0.25, 0.3) is 0 Å². The highest BCUT2D eigenvalue weighted by Gasteiger charge is 2.20. The minimum Gasteiger partial charge on any atom is -0.499 e. The van der Waals surface area contributed by atoms with E-state index in [9.17, 15) is 4.89 Å². The van der Waals surface area contributed by atoms with E-state index in [2.05, 4.69) is 16.5 Å². The summed E-state index contributed by atoms with van der Waals surface area (Å²) in [4.78, 5) is 13.9. The Morgan fingerprint density at radius 1 is 0.903 bits per heavy atom. The SMILES string of the molecule is CCCCCCCCCCCCCCC=COCC(CO[PH+](O)OOCN)OCOC. The van der Waals surface area contributed by atoms with E-state index in [1.165, 1.54) is 84.2 Å². The van der Waals surface area contributed by atoms with Gasteiger partial charge in [-0.3, -0.25) is 0 Å². The molecule has 0 saturated heterocycles. The predicted molar refractivity (Wildman–Crippen MR) is 125 cm³/mol. The van der Waals surface area contributed by atoms with E-state index in [4.69, 9.17) is 24.5 Å². The molecular weight excluding hydrogens is 421 g/mol. The van der Waals surface area contributed by atoms with Crippen LogP contribution < -0.4 is 5.73 Å². The summed E-state index contributed by atoms with van der Waals surface area (Å²) < 4.78 is 25.6. The Morgan fingerprint density at radius 2 is 1.52 bits per heavy atom. The molecular formula is C22H47NO7P+. The lowest BCUT2D eigenvalue weighted by Crippen LogP contribution is -2.25. The Morgan fingerprint density at radius 3 is 2.10 bits per heavy atom. The smallest absolute Gasteiger partial charge is 0.435 e. The molecule has 0 spiro atoms. The molecule has 0 amide bonds. The highest BCUT2D eigenvalue weighted by Crippen LogP contribution is 2.32. The van der Waals surface area contributed by atoms with Gasteiger partial charge >= 0.3 is 8.60 Å². The summed E-state index contributed by atoms with van der Waals surface area (Å²) in [7, 11) is -0.994. The van der Waals surface area contributed by atoms with Crippen molar-refractivity contribution >= 4 is 8.60 Å². The Bertz CT molecular complexity index is 378. The van der Waals surface area contributed by atoms with E-state index in [0.717, 1.165) is 6.42 Å². The zero-order valence-electron chi connectivity index (χ0n) is 19.7. The Hall–Kier alpha value is -0.310. The minimum absolute atomic E-state index is 0.0919. The van der Waals surface area contributed by atoms with E-state index in [1.54, 1.807) is 6.26 Å². The van der Waals surface area contributed by atoms with E-state index in [-0.39, 0.29) is 26.7 Å². The maximum atomic E-state index is 9.50. The molecule has 3 N–H and O–H groups in total. The molecule has 0 aliphatic carbocycles. The number of unbranched alkanes of at least 4 members (excludes halogenated alkanes) is 12. The average molecular weight is 469 g/mol. The highest BCUT2D eigenvalue weighted by molar-refractivity contribution is 7.40. The van der Waals surface area contributed by atoms with Crippen LogP contribution in [0.15, 0.2) is 12.3 Å². The van der Waals surface area contributed by atoms with Crippen molar-refractivity contribution in [3.63, 3.8) is 0 Å². The second kappa shape index (κ2) is 25.9. The van der Waals surface area contributed by atoms with E-state index >= 15 is 0 Å². The van der Waals surface area contributed by atoms with Crippen LogP contribution in [0.1, 0.15) is 90.4 Å². The van der Waals surface area contributed by atoms with Crippen molar-refractivity contribution in [1.82, 2.24) is 0 Å². The number of hydrogen-bond donors (Lipinski definition) is 2. The van der Waals surface area contributed by atoms with Gasteiger partial charge in [0.15, 0.2) is 0 Å². The number of ether oxygens (including phenoxy) is 3. The molecule has 0 fully saturated rings. The summed E-state index contributed by atoms with van der Waals surface area (Å²) in [6.45, 7) is 2.59. The third-order valence-electron chi connectivity index (χ3n) is 4.71. The molecule has 0 aromatic rings. The van der Waals surface area contributed by atoms with Crippen LogP contribution in [0.2, 0.25) is 0 Å². The minimum atomic E-state index is -2.53. The highest BCUT2D eigenvalue weighted by atomic mass is 31.2. The Labute approximate surface area is 190 Å². The molecule has 0 saturated carbocycles. The largest absolute Gasteiger partial charge is 0.499 e. The monoisotopic (exact) mass is 468 g/mol. The van der Waals surface area contributed by atoms with Crippen molar-refractivity contribution in [2.75, 3.05) is 33.8 Å². The average Bonchev–Trinajstić information content (AvgIpc) is 2.78. The van der Waals surface area contributed by atoms with Crippen molar-refractivity contribution in [2.45, 2.75) is 96.5 Å². The van der Waals surface area contributed by atoms with Crippen LogP contribution in [0.5, 0.6) is 0 Å². The number of allylic oxidation sites excluding steroid dienone is 1. The molecule has 8 nitrogen and oxygen atoms in total. The zero-order valence-corrected chi connectivity index (χ0v) is 20.7. The summed E-state index contributed by atoms with van der Waals surface area (Å²) >= 11 is 0. The molecule has 0 bridgehead atoms. The molecule has 2 unspecified atom stereocenters. The normalized spacial score (nSPS) is 13.7. The van der Waals surface area contributed by atoms with Crippen LogP contribution in [-0.2, 0) is 28.3 Å². The fraction of sp³-hybridized carbons (Fsp3) is 0.909. The van der Waals surface area contributed by atoms with Crippen molar-refractivity contribution < 1.29 is 33.2 Å². The fourth-order valence-electron chi connectivity index (χ4n) is 2.98. The number of methoxy groups -OCH3 is 1. The lowest BCUT2D eigenvalue weighted by Gasteiger charge is -2.15. The topological polar surface area (TPSA) is 102 Å². The van der Waals surface area contributed by atoms with Crippen molar-refractivity contribution in [3.05, 3.63) is 12.3 Å². The van der Waals surface area contributed by atoms with Crippen LogP contribution in [-0.4, -0.2) is 44.8 Å². The number of nitrogens with two attached hydrogens (primary N) is 1. The van der Waals surface area contributed by atoms with Crippen LogP contribution >= 0.6 is 8.60 Å². The van der Waals surface area contributed by atoms with E-state index in [0.29, 0.717) is 0 Å². The quantitative estimate of drug-likeness (QED) is 0.0457. The third-order valence-corrected chi connectivity index (χ3v) is 5.39. The lowest BCUT2D eigenvalue weighted by atomic mass is 10.0. The molecule has 0 heterocycles. The van der Waals surface area contributed by atoms with Gasteiger partial charge in [0.05, 0.1) is 6.26 Å². The molecule has 0 aromatic carbocycles. The molecule has 9 heteroatoms. The first kappa shape index (κ1) is 30.7. The molecule has 0 aliphatic rings. The first-order chi connectivity index (χ1) is 15.2. The molecule has 186 valence electrons. The van der Waals surface area contributed by atoms with Crippen molar-refractivity contribution in [2.24, 2.45) is 5.73 Å². The van der Waals surface area contributed by atoms with Gasteiger partial charge in [0.25, 0.3) is 0 Å². The summed E-state index contributed by atoms with van der Waals surface area (Å²) in [5.41, 5.74) is 5.11. The van der Waals surface area contributed by atoms with Gasteiger partial charge in [0.1, 0.15) is 32.8 Å². The maximum absolute atomic E-state index is 9.50. The van der Waals surface area contributed by atoms with Gasteiger partial charge in [-0.05, 0) is 23.6 Å². The van der Waals surface area contributed by atoms with Crippen LogP contribution in [0, 0.1) is 0 Å². The summed E-state index contributed by atoms with van der Waals surface area (Å²) in [5.74, 6) is 0. The molecule has 0 aliphatic heterocycles. The van der Waals surface area contributed by atoms with Crippen LogP contribution in [0.3, 0.4) is 0 Å². The van der Waals surface area contributed by atoms with E-state index < -0.39 is 14.7 Å². The Balaban J connectivity index is 3.58. The second-order valence-corrected chi connectivity index (χ2v) is 8.51. The second-order valence-electron chi connectivity index (χ2n) is 7.52. The standard InChI is InChI=1S/C22H47NO7P/c1-3-4-5-6-7-8-9-10-11-12-13-14-15-16-17-26-18-22(27-21-25-2)19-29-31(24)30-28-20-23/h16-17,22,24,31H,3-15,18-21,23H2,1-2H3/q+1. The Kier molecular flexibility index (Phi) is 25.7. The summed E-state index contributed by atoms with van der Waals surface area (Å²) in [5, 5.41) is 0. The van der Waals surface area contributed by atoms with Gasteiger partial charge in [-0.2, -0.15) is 14.3 Å². The van der Waals surface area contributed by atoms with E-state index in [1.807, 2.05) is 6.08 Å². The molecule has 0 aromatic heterocycles. The lowest BCUT2D eigenvalue weighted by molar-refractivity contribution is -0.215. The van der Waals surface area contributed by atoms with Gasteiger partial charge in [-0.1, -0.05) is 77.6 Å². The van der Waals surface area contributed by atoms with Crippen molar-refractivity contribution in [3.8, 4) is 0 Å². The van der Waals surface area contributed by atoms with Crippen molar-refractivity contribution in [1.29, 1.82) is 0 Å². The molecule has 2 atom stereocenters. The predicted octanol–water partition coefficient (Wildman–Crippen LogP) is 5.43. The van der Waals surface area contributed by atoms with Gasteiger partial charge < -0.3 is 19.9 Å². The first-order valence-corrected chi connectivity index (χ1v) is 13.1. The maximum Gasteiger partial charge on any atom is 0.435 e. The fourth-order valence-corrected chi connectivity index (χ4v) is 3.53. The summed E-state index contributed by atoms with van der Waals surface area (Å²) in [6, 6.07) is 0. The first-order valence-electron chi connectivity index (χ1n) is 11.8. The van der Waals surface area contributed by atoms with Gasteiger partial charge in [-0.25, -0.2) is 0 Å². The van der Waals surface area contributed by atoms with Gasteiger partial charge in [-0.15, -0.1) is 0 Å². The molecule has 0 rings (SSSR count). The molecule has 0 radical (unpaired) electrons. The zero-order chi connectivity index (χ0) is 22.8. The molecule has 31 heavy (non-hydrogen) atoms. The van der Waals surface area contributed by atoms with Gasteiger partial charge in [0, 0.05) is 7.11 Å². The number of hydrogen-bond acceptors (Lipinski definition) is 8.